The molecule has 0 fully saturated rings. The average molecular weight is 177 g/mol. The summed E-state index contributed by atoms with van der Waals surface area (Å²) in [5.41, 5.74) is 0. The lowest BCUT2D eigenvalue weighted by Crippen LogP contribution is -2.30. The van der Waals surface area contributed by atoms with E-state index < -0.39 is 36.4 Å². The van der Waals surface area contributed by atoms with E-state index in [2.05, 4.69) is 4.74 Å². The molecule has 0 saturated heterocycles. The third-order valence-corrected chi connectivity index (χ3v) is 1.45. The molecule has 0 saturated carbocycles. The number of alkyl halides is 1. The van der Waals surface area contributed by atoms with Crippen LogP contribution in [0.25, 0.3) is 0 Å². The lowest BCUT2D eigenvalue weighted by Gasteiger charge is -2.13. The standard InChI is InChI=1S/C6H7FO5/c7-1-2(8)5-3(9)4(10)6(11)12-5/h2,5,8-10H,1H2/t2?,5-/m1/s1/i7-1. The zero-order chi connectivity index (χ0) is 9.30. The summed E-state index contributed by atoms with van der Waals surface area (Å²) in [5, 5.41) is 26.4. The van der Waals surface area contributed by atoms with Crippen molar-refractivity contribution in [2.45, 2.75) is 12.2 Å². The number of hydrogen-bond acceptors (Lipinski definition) is 5. The fraction of sp³-hybridized carbons (Fsp3) is 0.500. The van der Waals surface area contributed by atoms with E-state index in [-0.39, 0.29) is 0 Å². The summed E-state index contributed by atoms with van der Waals surface area (Å²) in [4.78, 5) is 10.5. The van der Waals surface area contributed by atoms with Gasteiger partial charge in [-0.1, -0.05) is 0 Å². The smallest absolute Gasteiger partial charge is 0.377 e. The zero-order valence-corrected chi connectivity index (χ0v) is 5.90. The van der Waals surface area contributed by atoms with Crippen molar-refractivity contribution in [1.29, 1.82) is 0 Å². The third kappa shape index (κ3) is 1.20. The Hall–Kier alpha value is -1.30. The summed E-state index contributed by atoms with van der Waals surface area (Å²) in [5.74, 6) is -2.97. The molecule has 0 aromatic carbocycles. The molecule has 12 heavy (non-hydrogen) atoms. The minimum absolute atomic E-state index is 0.829. The van der Waals surface area contributed by atoms with Crippen LogP contribution in [0, 0.1) is 0 Å². The fourth-order valence-corrected chi connectivity index (χ4v) is 0.808. The Bertz CT molecular complexity index is 236. The maximum Gasteiger partial charge on any atom is 0.377 e. The number of esters is 1. The minimum atomic E-state index is -1.64. The second-order valence-corrected chi connectivity index (χ2v) is 2.28. The first-order chi connectivity index (χ1) is 5.57. The molecule has 0 radical (unpaired) electrons. The molecule has 1 unspecified atom stereocenters. The molecule has 3 N–H and O–H groups in total. The van der Waals surface area contributed by atoms with E-state index in [1.807, 2.05) is 0 Å². The average Bonchev–Trinajstić information content (AvgIpc) is 2.32. The van der Waals surface area contributed by atoms with E-state index >= 15 is 0 Å². The topological polar surface area (TPSA) is 87.0 Å². The van der Waals surface area contributed by atoms with Crippen LogP contribution in [-0.4, -0.2) is 40.2 Å². The normalized spacial score (nSPS) is 25.8. The quantitative estimate of drug-likeness (QED) is 0.498. The highest BCUT2D eigenvalue weighted by atomic mass is 18.2. The van der Waals surface area contributed by atoms with Crippen molar-refractivity contribution in [2.24, 2.45) is 0 Å². The SMILES string of the molecule is O=C1O[C@H](C(O)C[18F])C(O)=C1O. The van der Waals surface area contributed by atoms with Gasteiger partial charge in [0.05, 0.1) is 0 Å². The summed E-state index contributed by atoms with van der Waals surface area (Å²) in [6.07, 6.45) is -3.12. The van der Waals surface area contributed by atoms with Gasteiger partial charge in [-0.05, 0) is 0 Å². The Morgan fingerprint density at radius 2 is 2.17 bits per heavy atom. The maximum absolute atomic E-state index is 11.8. The van der Waals surface area contributed by atoms with Crippen LogP contribution < -0.4 is 0 Å². The first-order valence-corrected chi connectivity index (χ1v) is 3.15. The Kier molecular flexibility index (Phi) is 2.18. The number of cyclic esters (lactones) is 1. The van der Waals surface area contributed by atoms with Gasteiger partial charge in [-0.3, -0.25) is 0 Å². The van der Waals surface area contributed by atoms with Crippen LogP contribution >= 0.6 is 0 Å². The lowest BCUT2D eigenvalue weighted by molar-refractivity contribution is -0.147. The van der Waals surface area contributed by atoms with Gasteiger partial charge >= 0.3 is 5.97 Å². The molecule has 1 aliphatic rings. The van der Waals surface area contributed by atoms with Crippen LogP contribution in [0.1, 0.15) is 0 Å². The highest BCUT2D eigenvalue weighted by molar-refractivity contribution is 5.89. The lowest BCUT2D eigenvalue weighted by atomic mass is 10.2. The number of halogens is 1. The molecular formula is C6H7FO5. The zero-order valence-electron chi connectivity index (χ0n) is 5.90. The molecule has 0 aromatic heterocycles. The van der Waals surface area contributed by atoms with Gasteiger partial charge in [-0.15, -0.1) is 0 Å². The predicted octanol–water partition coefficient (Wildman–Crippen LogP) is -0.430. The molecule has 0 spiro atoms. The number of ether oxygens (including phenoxy) is 1. The first kappa shape index (κ1) is 8.79. The van der Waals surface area contributed by atoms with E-state index in [0.717, 1.165) is 0 Å². The summed E-state index contributed by atoms with van der Waals surface area (Å²) in [6.45, 7) is -1.17. The van der Waals surface area contributed by atoms with Crippen molar-refractivity contribution < 1.29 is 29.2 Å². The number of aliphatic hydroxyl groups excluding tert-OH is 3. The minimum Gasteiger partial charge on any atom is -0.505 e. The van der Waals surface area contributed by atoms with Crippen LogP contribution in [0.15, 0.2) is 11.5 Å². The van der Waals surface area contributed by atoms with Crippen LogP contribution in [0.4, 0.5) is 4.39 Å². The molecule has 1 heterocycles. The summed E-state index contributed by atoms with van der Waals surface area (Å²) in [7, 11) is 0. The Morgan fingerprint density at radius 3 is 2.50 bits per heavy atom. The van der Waals surface area contributed by atoms with Crippen molar-refractivity contribution in [1.82, 2.24) is 0 Å². The molecule has 6 heteroatoms. The molecule has 0 bridgehead atoms. The molecule has 2 atom stereocenters. The predicted molar refractivity (Wildman–Crippen MR) is 34.1 cm³/mol. The van der Waals surface area contributed by atoms with Gasteiger partial charge in [-0.2, -0.15) is 0 Å². The second kappa shape index (κ2) is 2.98. The molecule has 5 nitrogen and oxygen atoms in total. The van der Waals surface area contributed by atoms with Crippen LogP contribution in [0.2, 0.25) is 0 Å². The van der Waals surface area contributed by atoms with Crippen molar-refractivity contribution in [3.8, 4) is 0 Å². The molecular weight excluding hydrogens is 170 g/mol. The van der Waals surface area contributed by atoms with Gasteiger partial charge in [0.25, 0.3) is 0 Å². The number of carbonyl (C=O) groups is 1. The molecule has 0 aliphatic carbocycles. The van der Waals surface area contributed by atoms with Crippen molar-refractivity contribution in [2.75, 3.05) is 6.67 Å². The molecule has 0 amide bonds. The van der Waals surface area contributed by atoms with Gasteiger partial charge in [0.1, 0.15) is 12.8 Å². The Balaban J connectivity index is 2.80. The summed E-state index contributed by atoms with van der Waals surface area (Å²) >= 11 is 0. The first-order valence-electron chi connectivity index (χ1n) is 3.15. The monoisotopic (exact) mass is 177 g/mol. The van der Waals surface area contributed by atoms with Gasteiger partial charge < -0.3 is 20.1 Å². The number of hydrogen-bond donors (Lipinski definition) is 3. The number of rotatable bonds is 2. The van der Waals surface area contributed by atoms with Crippen molar-refractivity contribution in [3.05, 3.63) is 11.5 Å². The third-order valence-electron chi connectivity index (χ3n) is 1.45. The Morgan fingerprint density at radius 1 is 1.58 bits per heavy atom. The largest absolute Gasteiger partial charge is 0.505 e. The number of carbonyl (C=O) groups excluding carboxylic acids is 1. The van der Waals surface area contributed by atoms with Crippen LogP contribution in [-0.2, 0) is 9.53 Å². The van der Waals surface area contributed by atoms with E-state index in [1.165, 1.54) is 0 Å². The van der Waals surface area contributed by atoms with Gasteiger partial charge in [0.2, 0.25) is 5.76 Å². The summed E-state index contributed by atoms with van der Waals surface area (Å²) < 4.78 is 16.0. The maximum atomic E-state index is 11.8. The highest BCUT2D eigenvalue weighted by Gasteiger charge is 2.39. The molecule has 1 rings (SSSR count). The summed E-state index contributed by atoms with van der Waals surface area (Å²) in [6, 6.07) is 0. The van der Waals surface area contributed by atoms with E-state index in [4.69, 9.17) is 15.3 Å². The second-order valence-electron chi connectivity index (χ2n) is 2.28. The van der Waals surface area contributed by atoms with E-state index in [9.17, 15) is 9.18 Å². The van der Waals surface area contributed by atoms with Gasteiger partial charge in [-0.25, -0.2) is 9.18 Å². The Labute approximate surface area is 66.7 Å². The van der Waals surface area contributed by atoms with E-state index in [1.54, 1.807) is 0 Å². The van der Waals surface area contributed by atoms with E-state index in [0.29, 0.717) is 0 Å². The van der Waals surface area contributed by atoms with Crippen LogP contribution in [0.5, 0.6) is 0 Å². The van der Waals surface area contributed by atoms with Crippen molar-refractivity contribution >= 4 is 5.97 Å². The molecule has 1 aliphatic heterocycles. The van der Waals surface area contributed by atoms with Crippen molar-refractivity contribution in [3.63, 3.8) is 0 Å². The highest BCUT2D eigenvalue weighted by Crippen LogP contribution is 2.21. The van der Waals surface area contributed by atoms with Crippen LogP contribution in [0.3, 0.4) is 0 Å². The van der Waals surface area contributed by atoms with Gasteiger partial charge in [0.15, 0.2) is 11.9 Å². The molecule has 0 aromatic rings. The van der Waals surface area contributed by atoms with Gasteiger partial charge in [0, 0.05) is 0 Å². The fourth-order valence-electron chi connectivity index (χ4n) is 0.808. The number of aliphatic hydroxyl groups is 3. The molecule has 68 valence electrons.